The topological polar surface area (TPSA) is 135 Å². The molecule has 0 radical (unpaired) electrons. The van der Waals surface area contributed by atoms with E-state index in [1.165, 1.54) is 6.92 Å². The van der Waals surface area contributed by atoms with Crippen LogP contribution in [0.1, 0.15) is 72.6 Å². The van der Waals surface area contributed by atoms with Crippen LogP contribution in [0.4, 0.5) is 9.59 Å². The first-order valence-electron chi connectivity index (χ1n) is 10.3. The second kappa shape index (κ2) is 16.3. The average molecular weight is 434 g/mol. The van der Waals surface area contributed by atoms with Crippen LogP contribution in [0.15, 0.2) is 0 Å². The molecule has 10 nitrogen and oxygen atoms in total. The first-order chi connectivity index (χ1) is 14.2. The van der Waals surface area contributed by atoms with Gasteiger partial charge in [0.05, 0.1) is 19.1 Å². The molecule has 0 aromatic rings. The smallest absolute Gasteiger partial charge is 0.481 e. The molecule has 1 N–H and O–H groups in total. The van der Waals surface area contributed by atoms with Crippen LogP contribution in [0, 0.1) is 5.92 Å². The fraction of sp³-hybridized carbons (Fsp3) is 0.800. The third-order valence-corrected chi connectivity index (χ3v) is 4.13. The van der Waals surface area contributed by atoms with Crippen LogP contribution in [0.2, 0.25) is 0 Å². The van der Waals surface area contributed by atoms with E-state index in [1.807, 2.05) is 0 Å². The van der Waals surface area contributed by atoms with E-state index in [0.29, 0.717) is 19.3 Å². The summed E-state index contributed by atoms with van der Waals surface area (Å²) >= 11 is 0. The lowest BCUT2D eigenvalue weighted by Gasteiger charge is -2.24. The summed E-state index contributed by atoms with van der Waals surface area (Å²) in [7, 11) is 0. The number of carbonyl (C=O) groups is 4. The van der Waals surface area contributed by atoms with Crippen molar-refractivity contribution in [2.45, 2.75) is 85.0 Å². The van der Waals surface area contributed by atoms with Crippen molar-refractivity contribution in [3.8, 4) is 0 Å². The Kier molecular flexibility index (Phi) is 14.9. The summed E-state index contributed by atoms with van der Waals surface area (Å²) in [6.07, 6.45) is 0.349. The molecule has 3 unspecified atom stereocenters. The number of unbranched alkanes of at least 4 members (excludes halogenated alkanes) is 4. The quantitative estimate of drug-likeness (QED) is 0.174. The Hall–Kier alpha value is -2.52. The first-order valence-corrected chi connectivity index (χ1v) is 10.3. The summed E-state index contributed by atoms with van der Waals surface area (Å²) in [4.78, 5) is 46.0. The lowest BCUT2D eigenvalue weighted by atomic mass is 9.95. The molecular formula is C20H34O10. The minimum atomic E-state index is -1.16. The van der Waals surface area contributed by atoms with E-state index in [0.717, 1.165) is 19.3 Å². The van der Waals surface area contributed by atoms with Crippen molar-refractivity contribution < 1.29 is 48.0 Å². The Balaban J connectivity index is 4.68. The fourth-order valence-corrected chi connectivity index (χ4v) is 2.66. The van der Waals surface area contributed by atoms with Gasteiger partial charge in [-0.25, -0.2) is 9.59 Å². The molecule has 0 saturated carbocycles. The molecule has 0 aliphatic heterocycles. The van der Waals surface area contributed by atoms with Crippen molar-refractivity contribution in [1.29, 1.82) is 0 Å². The van der Waals surface area contributed by atoms with Gasteiger partial charge in [-0.3, -0.25) is 9.59 Å². The molecule has 0 fully saturated rings. The average Bonchev–Trinajstić information content (AvgIpc) is 2.63. The second-order valence-corrected chi connectivity index (χ2v) is 6.62. The van der Waals surface area contributed by atoms with E-state index in [2.05, 4.69) is 4.74 Å². The van der Waals surface area contributed by atoms with Crippen LogP contribution in [0.5, 0.6) is 0 Å². The molecule has 3 atom stereocenters. The summed E-state index contributed by atoms with van der Waals surface area (Å²) < 4.78 is 24.5. The van der Waals surface area contributed by atoms with Crippen molar-refractivity contribution in [2.75, 3.05) is 13.2 Å². The van der Waals surface area contributed by atoms with Gasteiger partial charge in [-0.1, -0.05) is 25.7 Å². The van der Waals surface area contributed by atoms with Gasteiger partial charge in [-0.05, 0) is 33.6 Å². The van der Waals surface area contributed by atoms with Gasteiger partial charge in [0, 0.05) is 13.3 Å². The Morgan fingerprint density at radius 3 is 1.87 bits per heavy atom. The SMILES string of the molecule is CCOC(=O)OC(C)OC(=O)C(CCCCCCCC(=O)O)C(C)OC(=O)OCC. The summed E-state index contributed by atoms with van der Waals surface area (Å²) in [5.74, 6) is -2.27. The molecule has 0 amide bonds. The Morgan fingerprint density at radius 1 is 0.767 bits per heavy atom. The molecule has 0 spiro atoms. The van der Waals surface area contributed by atoms with Gasteiger partial charge in [-0.2, -0.15) is 0 Å². The first kappa shape index (κ1) is 27.5. The molecule has 10 heteroatoms. The number of carbonyl (C=O) groups excluding carboxylic acids is 3. The highest BCUT2D eigenvalue weighted by atomic mass is 16.8. The van der Waals surface area contributed by atoms with Gasteiger partial charge in [-0.15, -0.1) is 0 Å². The number of hydrogen-bond acceptors (Lipinski definition) is 9. The summed E-state index contributed by atoms with van der Waals surface area (Å²) in [6, 6.07) is 0. The van der Waals surface area contributed by atoms with Crippen molar-refractivity contribution >= 4 is 24.2 Å². The normalized spacial score (nSPS) is 13.5. The molecule has 0 saturated heterocycles. The number of carboxylic acid groups (broad SMARTS) is 1. The summed E-state index contributed by atoms with van der Waals surface area (Å²) in [5.41, 5.74) is 0. The minimum absolute atomic E-state index is 0.124. The van der Waals surface area contributed by atoms with Crippen LogP contribution < -0.4 is 0 Å². The van der Waals surface area contributed by atoms with Crippen molar-refractivity contribution in [3.63, 3.8) is 0 Å². The van der Waals surface area contributed by atoms with E-state index in [4.69, 9.17) is 24.1 Å². The lowest BCUT2D eigenvalue weighted by molar-refractivity contribution is -0.176. The molecule has 0 bridgehead atoms. The third kappa shape index (κ3) is 13.6. The van der Waals surface area contributed by atoms with Crippen LogP contribution in [0.25, 0.3) is 0 Å². The lowest BCUT2D eigenvalue weighted by Crippen LogP contribution is -2.34. The Morgan fingerprint density at radius 2 is 1.30 bits per heavy atom. The largest absolute Gasteiger partial charge is 0.511 e. The van der Waals surface area contributed by atoms with Crippen LogP contribution in [0.3, 0.4) is 0 Å². The highest BCUT2D eigenvalue weighted by Gasteiger charge is 2.31. The third-order valence-electron chi connectivity index (χ3n) is 4.13. The van der Waals surface area contributed by atoms with Gasteiger partial charge in [0.15, 0.2) is 0 Å². The zero-order chi connectivity index (χ0) is 22.9. The number of ether oxygens (including phenoxy) is 5. The van der Waals surface area contributed by atoms with Gasteiger partial charge in [0.1, 0.15) is 6.10 Å². The molecule has 0 aliphatic rings. The van der Waals surface area contributed by atoms with E-state index in [-0.39, 0.29) is 19.6 Å². The zero-order valence-corrected chi connectivity index (χ0v) is 18.2. The molecule has 0 heterocycles. The minimum Gasteiger partial charge on any atom is -0.481 e. The standard InChI is InChI=1S/C20H34O10/c1-5-26-19(24)28-14(3)16(12-10-8-7-9-11-13-17(21)22)18(23)29-15(4)30-20(25)27-6-2/h14-16H,5-13H2,1-4H3,(H,21,22). The van der Waals surface area contributed by atoms with E-state index in [1.54, 1.807) is 20.8 Å². The monoisotopic (exact) mass is 434 g/mol. The highest BCUT2D eigenvalue weighted by Crippen LogP contribution is 2.21. The maximum absolute atomic E-state index is 12.6. The molecule has 174 valence electrons. The van der Waals surface area contributed by atoms with Gasteiger partial charge in [0.25, 0.3) is 0 Å². The van der Waals surface area contributed by atoms with Crippen LogP contribution >= 0.6 is 0 Å². The molecule has 0 rings (SSSR count). The number of carboxylic acids is 1. The van der Waals surface area contributed by atoms with Crippen molar-refractivity contribution in [1.82, 2.24) is 0 Å². The molecule has 0 aromatic carbocycles. The summed E-state index contributed by atoms with van der Waals surface area (Å²) in [5, 5.41) is 8.64. The fourth-order valence-electron chi connectivity index (χ4n) is 2.66. The number of rotatable bonds is 15. The van der Waals surface area contributed by atoms with Crippen molar-refractivity contribution in [3.05, 3.63) is 0 Å². The predicted octanol–water partition coefficient (Wildman–Crippen LogP) is 4.04. The van der Waals surface area contributed by atoms with E-state index < -0.39 is 42.6 Å². The predicted molar refractivity (Wildman–Crippen MR) is 105 cm³/mol. The maximum atomic E-state index is 12.6. The van der Waals surface area contributed by atoms with Gasteiger partial charge in [0.2, 0.25) is 6.29 Å². The Bertz CT molecular complexity index is 534. The molecule has 0 aliphatic carbocycles. The summed E-state index contributed by atoms with van der Waals surface area (Å²) in [6.45, 7) is 6.46. The highest BCUT2D eigenvalue weighted by molar-refractivity contribution is 5.74. The van der Waals surface area contributed by atoms with Crippen LogP contribution in [-0.4, -0.2) is 55.0 Å². The number of hydrogen-bond donors (Lipinski definition) is 1. The van der Waals surface area contributed by atoms with Gasteiger partial charge < -0.3 is 28.8 Å². The van der Waals surface area contributed by atoms with E-state index in [9.17, 15) is 19.2 Å². The zero-order valence-electron chi connectivity index (χ0n) is 18.2. The number of aliphatic carboxylic acids is 1. The van der Waals surface area contributed by atoms with Gasteiger partial charge >= 0.3 is 24.2 Å². The van der Waals surface area contributed by atoms with Crippen molar-refractivity contribution in [2.24, 2.45) is 5.92 Å². The molecule has 30 heavy (non-hydrogen) atoms. The Labute approximate surface area is 177 Å². The van der Waals surface area contributed by atoms with E-state index >= 15 is 0 Å². The molecular weight excluding hydrogens is 400 g/mol. The molecule has 0 aromatic heterocycles. The number of esters is 1. The van der Waals surface area contributed by atoms with Crippen LogP contribution in [-0.2, 0) is 33.3 Å². The maximum Gasteiger partial charge on any atom is 0.511 e. The second-order valence-electron chi connectivity index (χ2n) is 6.62.